The Morgan fingerprint density at radius 2 is 1.76 bits per heavy atom. The van der Waals surface area contributed by atoms with E-state index in [1.807, 2.05) is 12.1 Å². The van der Waals surface area contributed by atoms with E-state index in [0.29, 0.717) is 5.69 Å². The van der Waals surface area contributed by atoms with Gasteiger partial charge in [-0.15, -0.1) is 0 Å². The summed E-state index contributed by atoms with van der Waals surface area (Å²) < 4.78 is 0. The molecular weight excluding hydrogens is 364 g/mol. The van der Waals surface area contributed by atoms with Crippen molar-refractivity contribution in [2.24, 2.45) is 0 Å². The molecule has 1 aromatic carbocycles. The highest BCUT2D eigenvalue weighted by atomic mass is 16.1. The summed E-state index contributed by atoms with van der Waals surface area (Å²) >= 11 is 0. The van der Waals surface area contributed by atoms with Crippen LogP contribution in [0.1, 0.15) is 55.3 Å². The fraction of sp³-hybridized carbons (Fsp3) is 0.261. The summed E-state index contributed by atoms with van der Waals surface area (Å²) in [5.74, 6) is 0. The zero-order valence-electron chi connectivity index (χ0n) is 16.8. The largest absolute Gasteiger partial charge is 0.348 e. The van der Waals surface area contributed by atoms with Gasteiger partial charge in [0.25, 0.3) is 11.1 Å². The molecule has 2 aromatic heterocycles. The maximum absolute atomic E-state index is 12.6. The predicted octanol–water partition coefficient (Wildman–Crippen LogP) is 1.70. The molecule has 0 bridgehead atoms. The molecule has 0 radical (unpaired) electrons. The number of aromatic amines is 3. The summed E-state index contributed by atoms with van der Waals surface area (Å²) in [7, 11) is 0. The molecule has 1 aliphatic rings. The normalized spacial score (nSPS) is 15.0. The van der Waals surface area contributed by atoms with Crippen molar-refractivity contribution < 1.29 is 0 Å². The maximum Gasteiger partial charge on any atom is 0.272 e. The average molecular weight is 388 g/mol. The fourth-order valence-electron chi connectivity index (χ4n) is 3.56. The third-order valence-corrected chi connectivity index (χ3v) is 5.04. The molecule has 0 aliphatic heterocycles. The molecule has 29 heavy (non-hydrogen) atoms. The molecule has 1 aliphatic carbocycles. The van der Waals surface area contributed by atoms with Crippen molar-refractivity contribution in [3.8, 4) is 0 Å². The molecule has 0 amide bonds. The summed E-state index contributed by atoms with van der Waals surface area (Å²) in [6.45, 7) is 6.16. The van der Waals surface area contributed by atoms with Crippen molar-refractivity contribution in [1.29, 1.82) is 0 Å². The summed E-state index contributed by atoms with van der Waals surface area (Å²) in [6, 6.07) is 6.05. The summed E-state index contributed by atoms with van der Waals surface area (Å²) in [4.78, 5) is 37.9. The van der Waals surface area contributed by atoms with Crippen LogP contribution in [0.25, 0.3) is 18.2 Å². The van der Waals surface area contributed by atoms with Crippen LogP contribution in [-0.2, 0) is 11.8 Å². The Balaban J connectivity index is 1.78. The molecule has 0 saturated heterocycles. The minimum atomic E-state index is -0.361. The van der Waals surface area contributed by atoms with Crippen molar-refractivity contribution >= 4 is 18.2 Å². The topological polar surface area (TPSA) is 94.4 Å². The molecule has 0 atom stereocenters. The van der Waals surface area contributed by atoms with Crippen LogP contribution in [-0.4, -0.2) is 19.9 Å². The number of imidazole rings is 1. The molecule has 6 heteroatoms. The van der Waals surface area contributed by atoms with E-state index < -0.39 is 0 Å². The van der Waals surface area contributed by atoms with Gasteiger partial charge in [-0.2, -0.15) is 0 Å². The number of hydrogen-bond acceptors (Lipinski definition) is 3. The lowest BCUT2D eigenvalue weighted by Gasteiger charge is -2.16. The van der Waals surface area contributed by atoms with Crippen molar-refractivity contribution in [2.75, 3.05) is 0 Å². The quantitative estimate of drug-likeness (QED) is 0.624. The lowest BCUT2D eigenvalue weighted by molar-refractivity contribution is 0.571. The van der Waals surface area contributed by atoms with Gasteiger partial charge in [0.05, 0.1) is 12.0 Å². The van der Waals surface area contributed by atoms with E-state index >= 15 is 0 Å². The van der Waals surface area contributed by atoms with E-state index in [-0.39, 0.29) is 27.2 Å². The van der Waals surface area contributed by atoms with E-state index in [4.69, 9.17) is 0 Å². The van der Waals surface area contributed by atoms with Gasteiger partial charge in [-0.3, -0.25) is 9.59 Å². The van der Waals surface area contributed by atoms with Crippen LogP contribution >= 0.6 is 0 Å². The zero-order valence-corrected chi connectivity index (χ0v) is 16.8. The van der Waals surface area contributed by atoms with Gasteiger partial charge >= 0.3 is 0 Å². The zero-order chi connectivity index (χ0) is 20.6. The van der Waals surface area contributed by atoms with Gasteiger partial charge in [0.1, 0.15) is 10.7 Å². The summed E-state index contributed by atoms with van der Waals surface area (Å²) in [5, 5.41) is 0.414. The van der Waals surface area contributed by atoms with Gasteiger partial charge in [-0.1, -0.05) is 51.1 Å². The van der Waals surface area contributed by atoms with Crippen LogP contribution < -0.4 is 21.8 Å². The molecule has 4 rings (SSSR count). The molecule has 0 unspecified atom stereocenters. The van der Waals surface area contributed by atoms with E-state index in [2.05, 4.69) is 58.9 Å². The van der Waals surface area contributed by atoms with Crippen LogP contribution in [0.5, 0.6) is 0 Å². The van der Waals surface area contributed by atoms with Gasteiger partial charge in [-0.05, 0) is 41.7 Å². The molecule has 3 aromatic rings. The second-order valence-corrected chi connectivity index (χ2v) is 8.34. The number of hydrogen-bond donors (Lipinski definition) is 3. The third-order valence-electron chi connectivity index (χ3n) is 5.04. The Kier molecular flexibility index (Phi) is 4.70. The standard InChI is InChI=1S/C23H24N4O2/c1-23(2,3)20-17(24-13-25-20)12-19-22(29)26-18(21(28)27-19)11-14-8-9-15-6-4-5-7-16(15)10-14/h4,6,8-13H,5,7H2,1-3H3,(H,24,25)(H,26,29)(H,27,28)/b18-11-,19-12-. The van der Waals surface area contributed by atoms with Gasteiger partial charge in [-0.25, -0.2) is 4.98 Å². The Labute approximate surface area is 167 Å². The van der Waals surface area contributed by atoms with E-state index in [9.17, 15) is 9.59 Å². The van der Waals surface area contributed by atoms with Gasteiger partial charge < -0.3 is 15.0 Å². The Bertz CT molecular complexity index is 1330. The first-order valence-electron chi connectivity index (χ1n) is 9.71. The molecule has 0 saturated carbocycles. The number of benzene rings is 1. The highest BCUT2D eigenvalue weighted by Crippen LogP contribution is 2.23. The first kappa shape index (κ1) is 18.9. The second kappa shape index (κ2) is 7.20. The van der Waals surface area contributed by atoms with Crippen molar-refractivity contribution in [3.63, 3.8) is 0 Å². The number of rotatable bonds is 2. The lowest BCUT2D eigenvalue weighted by atomic mass is 9.90. The predicted molar refractivity (Wildman–Crippen MR) is 115 cm³/mol. The lowest BCUT2D eigenvalue weighted by Crippen LogP contribution is -2.46. The van der Waals surface area contributed by atoms with Crippen LogP contribution in [0.4, 0.5) is 0 Å². The fourth-order valence-corrected chi connectivity index (χ4v) is 3.56. The number of aromatic nitrogens is 4. The minimum Gasteiger partial charge on any atom is -0.348 e. The Hall–Kier alpha value is -3.41. The highest BCUT2D eigenvalue weighted by Gasteiger charge is 2.19. The Morgan fingerprint density at radius 3 is 2.48 bits per heavy atom. The summed E-state index contributed by atoms with van der Waals surface area (Å²) in [6.07, 6.45) is 11.2. The molecule has 2 heterocycles. The first-order valence-corrected chi connectivity index (χ1v) is 9.71. The van der Waals surface area contributed by atoms with Gasteiger partial charge in [0, 0.05) is 11.1 Å². The third kappa shape index (κ3) is 3.92. The number of aryl methyl sites for hydroxylation is 1. The van der Waals surface area contributed by atoms with Crippen LogP contribution in [0.3, 0.4) is 0 Å². The molecular formula is C23H24N4O2. The molecule has 6 nitrogen and oxygen atoms in total. The summed E-state index contributed by atoms with van der Waals surface area (Å²) in [5.41, 5.74) is 4.01. The highest BCUT2D eigenvalue weighted by molar-refractivity contribution is 5.61. The number of nitrogens with zero attached hydrogens (tertiary/aromatic N) is 1. The number of nitrogens with one attached hydrogen (secondary N) is 3. The maximum atomic E-state index is 12.6. The van der Waals surface area contributed by atoms with Gasteiger partial charge in [0.2, 0.25) is 0 Å². The van der Waals surface area contributed by atoms with E-state index in [1.54, 1.807) is 18.5 Å². The Morgan fingerprint density at radius 1 is 1.03 bits per heavy atom. The second-order valence-electron chi connectivity index (χ2n) is 8.34. The number of fused-ring (bicyclic) bond motifs is 1. The smallest absolute Gasteiger partial charge is 0.272 e. The SMILES string of the molecule is CC(C)(C)c1[nH]cnc1/C=c1\[nH]c(=O)/c(=C/c2ccc3c(c2)CCC=C3)[nH]c1=O. The minimum absolute atomic E-state index is 0.162. The van der Waals surface area contributed by atoms with E-state index in [0.717, 1.165) is 24.1 Å². The molecule has 0 spiro atoms. The number of H-pyrrole nitrogens is 3. The molecule has 3 N–H and O–H groups in total. The average Bonchev–Trinajstić information content (AvgIpc) is 3.14. The first-order chi connectivity index (χ1) is 13.8. The van der Waals surface area contributed by atoms with Crippen molar-refractivity contribution in [3.05, 3.63) is 90.1 Å². The molecule has 148 valence electrons. The molecule has 0 fully saturated rings. The number of allylic oxidation sites excluding steroid dienone is 1. The van der Waals surface area contributed by atoms with E-state index in [1.165, 1.54) is 11.1 Å². The van der Waals surface area contributed by atoms with Crippen LogP contribution in [0, 0.1) is 0 Å². The van der Waals surface area contributed by atoms with Gasteiger partial charge in [0.15, 0.2) is 0 Å². The van der Waals surface area contributed by atoms with Crippen molar-refractivity contribution in [1.82, 2.24) is 19.9 Å². The monoisotopic (exact) mass is 388 g/mol. The van der Waals surface area contributed by atoms with Crippen LogP contribution in [0.15, 0.2) is 40.2 Å². The van der Waals surface area contributed by atoms with Crippen molar-refractivity contribution in [2.45, 2.75) is 39.0 Å². The van der Waals surface area contributed by atoms with Crippen LogP contribution in [0.2, 0.25) is 0 Å².